The number of hydrogen-bond donors (Lipinski definition) is 0. The Morgan fingerprint density at radius 3 is 1.93 bits per heavy atom. The molecule has 15 heavy (non-hydrogen) atoms. The summed E-state index contributed by atoms with van der Waals surface area (Å²) in [6.07, 6.45) is 6.24. The third-order valence-corrected chi connectivity index (χ3v) is 4.12. The minimum absolute atomic E-state index is 0.200. The predicted octanol–water partition coefficient (Wildman–Crippen LogP) is 2.04. The monoisotopic (exact) mass is 228 g/mol. The van der Waals surface area contributed by atoms with Crippen molar-refractivity contribution >= 4 is 22.8 Å². The van der Waals surface area contributed by atoms with Gasteiger partial charge in [-0.15, -0.1) is 0 Å². The van der Waals surface area contributed by atoms with Crippen molar-refractivity contribution in [3.63, 3.8) is 0 Å². The topological polar surface area (TPSA) is 43.4 Å². The molecule has 0 atom stereocenters. The summed E-state index contributed by atoms with van der Waals surface area (Å²) in [5.74, 6) is -0.200. The van der Waals surface area contributed by atoms with Crippen molar-refractivity contribution in [2.75, 3.05) is 7.11 Å². The predicted molar refractivity (Wildman–Crippen MR) is 55.4 cm³/mol. The first-order valence-corrected chi connectivity index (χ1v) is 5.41. The molecule has 0 aromatic rings. The van der Waals surface area contributed by atoms with Gasteiger partial charge in [-0.3, -0.25) is 9.59 Å². The molecule has 2 bridgehead atoms. The fraction of sp³-hybridized carbons (Fsp3) is 0.636. The second-order valence-corrected chi connectivity index (χ2v) is 4.75. The lowest BCUT2D eigenvalue weighted by molar-refractivity contribution is -0.154. The van der Waals surface area contributed by atoms with Crippen LogP contribution >= 0.6 is 11.6 Å². The SMILES string of the molecule is COC(=O)C12C=CC(C(=O)Cl)(CC1)CC2. The van der Waals surface area contributed by atoms with Crippen LogP contribution in [-0.2, 0) is 14.3 Å². The Bertz CT molecular complexity index is 338. The Labute approximate surface area is 93.4 Å². The molecule has 1 fully saturated rings. The minimum Gasteiger partial charge on any atom is -0.468 e. The molecule has 82 valence electrons. The van der Waals surface area contributed by atoms with E-state index in [1.807, 2.05) is 6.08 Å². The first-order valence-electron chi connectivity index (χ1n) is 5.03. The minimum atomic E-state index is -0.517. The van der Waals surface area contributed by atoms with Gasteiger partial charge in [0, 0.05) is 0 Å². The molecule has 3 nitrogen and oxygen atoms in total. The summed E-state index contributed by atoms with van der Waals surface area (Å²) in [5, 5.41) is -0.308. The molecule has 0 saturated heterocycles. The van der Waals surface area contributed by atoms with Gasteiger partial charge in [-0.1, -0.05) is 12.2 Å². The van der Waals surface area contributed by atoms with Crippen LogP contribution < -0.4 is 0 Å². The van der Waals surface area contributed by atoms with E-state index in [0.29, 0.717) is 25.7 Å². The van der Waals surface area contributed by atoms with Gasteiger partial charge in [-0.25, -0.2) is 0 Å². The maximum atomic E-state index is 11.6. The van der Waals surface area contributed by atoms with Crippen LogP contribution in [-0.4, -0.2) is 18.3 Å². The summed E-state index contributed by atoms with van der Waals surface area (Å²) in [5.41, 5.74) is -1.01. The van der Waals surface area contributed by atoms with E-state index in [9.17, 15) is 9.59 Å². The molecule has 0 heterocycles. The molecule has 3 aliphatic carbocycles. The number of allylic oxidation sites excluding steroid dienone is 1. The smallest absolute Gasteiger partial charge is 0.315 e. The molecule has 0 aromatic carbocycles. The number of halogens is 1. The Kier molecular flexibility index (Phi) is 2.38. The number of methoxy groups -OCH3 is 1. The number of ether oxygens (including phenoxy) is 1. The average Bonchev–Trinajstić information content (AvgIpc) is 2.30. The van der Waals surface area contributed by atoms with Crippen molar-refractivity contribution in [3.05, 3.63) is 12.2 Å². The number of carbonyl (C=O) groups excluding carboxylic acids is 2. The Balaban J connectivity index is 2.31. The van der Waals surface area contributed by atoms with E-state index < -0.39 is 10.8 Å². The van der Waals surface area contributed by atoms with Crippen molar-refractivity contribution in [1.29, 1.82) is 0 Å². The lowest BCUT2D eigenvalue weighted by atomic mass is 9.58. The summed E-state index contributed by atoms with van der Waals surface area (Å²) in [4.78, 5) is 22.9. The fourth-order valence-electron chi connectivity index (χ4n) is 2.53. The van der Waals surface area contributed by atoms with E-state index in [1.54, 1.807) is 6.08 Å². The molecular formula is C11H13ClO3. The van der Waals surface area contributed by atoms with Crippen LogP contribution in [0.15, 0.2) is 12.2 Å². The van der Waals surface area contributed by atoms with Gasteiger partial charge in [0.1, 0.15) is 0 Å². The third kappa shape index (κ3) is 1.41. The molecule has 3 aliphatic rings. The molecular weight excluding hydrogens is 216 g/mol. The van der Waals surface area contributed by atoms with E-state index in [1.165, 1.54) is 7.11 Å². The van der Waals surface area contributed by atoms with Gasteiger partial charge < -0.3 is 4.74 Å². The zero-order valence-electron chi connectivity index (χ0n) is 8.59. The highest BCUT2D eigenvalue weighted by Crippen LogP contribution is 2.53. The fourth-order valence-corrected chi connectivity index (χ4v) is 2.78. The molecule has 4 heteroatoms. The van der Waals surface area contributed by atoms with Crippen molar-refractivity contribution in [2.24, 2.45) is 10.8 Å². The zero-order chi connectivity index (χ0) is 11.1. The van der Waals surface area contributed by atoms with Gasteiger partial charge in [-0.2, -0.15) is 0 Å². The van der Waals surface area contributed by atoms with Gasteiger partial charge >= 0.3 is 5.97 Å². The van der Waals surface area contributed by atoms with Crippen LogP contribution in [0.4, 0.5) is 0 Å². The summed E-state index contributed by atoms with van der Waals surface area (Å²) < 4.78 is 4.79. The molecule has 0 aliphatic heterocycles. The van der Waals surface area contributed by atoms with Crippen LogP contribution in [0, 0.1) is 10.8 Å². The van der Waals surface area contributed by atoms with Crippen LogP contribution in [0.2, 0.25) is 0 Å². The second kappa shape index (κ2) is 3.34. The van der Waals surface area contributed by atoms with Gasteiger partial charge in [-0.05, 0) is 37.3 Å². The van der Waals surface area contributed by atoms with E-state index >= 15 is 0 Å². The van der Waals surface area contributed by atoms with Crippen LogP contribution in [0.3, 0.4) is 0 Å². The van der Waals surface area contributed by atoms with E-state index in [-0.39, 0.29) is 11.2 Å². The summed E-state index contributed by atoms with van der Waals surface area (Å²) >= 11 is 5.59. The van der Waals surface area contributed by atoms with E-state index in [0.717, 1.165) is 0 Å². The number of carbonyl (C=O) groups is 2. The largest absolute Gasteiger partial charge is 0.468 e. The Morgan fingerprint density at radius 2 is 1.60 bits per heavy atom. The molecule has 0 amide bonds. The maximum absolute atomic E-state index is 11.6. The molecule has 0 radical (unpaired) electrons. The van der Waals surface area contributed by atoms with Gasteiger partial charge in [0.05, 0.1) is 17.9 Å². The zero-order valence-corrected chi connectivity index (χ0v) is 9.34. The lowest BCUT2D eigenvalue weighted by Crippen LogP contribution is -2.44. The van der Waals surface area contributed by atoms with E-state index in [2.05, 4.69) is 0 Å². The highest BCUT2D eigenvalue weighted by molar-refractivity contribution is 6.65. The summed E-state index contributed by atoms with van der Waals surface area (Å²) in [7, 11) is 1.40. The molecule has 3 rings (SSSR count). The molecule has 0 aromatic heterocycles. The van der Waals surface area contributed by atoms with Crippen LogP contribution in [0.25, 0.3) is 0 Å². The summed E-state index contributed by atoms with van der Waals surface area (Å²) in [6.45, 7) is 0. The van der Waals surface area contributed by atoms with Crippen LogP contribution in [0.1, 0.15) is 25.7 Å². The average molecular weight is 229 g/mol. The number of rotatable bonds is 2. The van der Waals surface area contributed by atoms with Gasteiger partial charge in [0.15, 0.2) is 0 Å². The number of fused-ring (bicyclic) bond motifs is 2. The van der Waals surface area contributed by atoms with Crippen LogP contribution in [0.5, 0.6) is 0 Å². The molecule has 1 saturated carbocycles. The standard InChI is InChI=1S/C11H13ClO3/c1-15-9(14)11-5-2-10(3-6-11,4-7-11)8(12)13/h2,5H,3-4,6-7H2,1H3. The number of esters is 1. The van der Waals surface area contributed by atoms with Crippen molar-refractivity contribution in [1.82, 2.24) is 0 Å². The molecule has 0 spiro atoms. The van der Waals surface area contributed by atoms with Crippen molar-refractivity contribution in [2.45, 2.75) is 25.7 Å². The summed E-state index contributed by atoms with van der Waals surface area (Å²) in [6, 6.07) is 0. The van der Waals surface area contributed by atoms with Gasteiger partial charge in [0.25, 0.3) is 0 Å². The van der Waals surface area contributed by atoms with Crippen molar-refractivity contribution < 1.29 is 14.3 Å². The number of hydrogen-bond acceptors (Lipinski definition) is 3. The third-order valence-electron chi connectivity index (χ3n) is 3.74. The molecule has 0 N–H and O–H groups in total. The highest BCUT2D eigenvalue weighted by Gasteiger charge is 2.52. The van der Waals surface area contributed by atoms with Crippen molar-refractivity contribution in [3.8, 4) is 0 Å². The Hall–Kier alpha value is -0.830. The quantitative estimate of drug-likeness (QED) is 0.413. The lowest BCUT2D eigenvalue weighted by Gasteiger charge is -2.45. The first kappa shape index (κ1) is 10.7. The first-order chi connectivity index (χ1) is 7.05. The van der Waals surface area contributed by atoms with E-state index in [4.69, 9.17) is 16.3 Å². The Morgan fingerprint density at radius 1 is 1.13 bits per heavy atom. The normalized spacial score (nSPS) is 37.7. The van der Waals surface area contributed by atoms with Gasteiger partial charge in [0.2, 0.25) is 5.24 Å². The molecule has 0 unspecified atom stereocenters. The highest BCUT2D eigenvalue weighted by atomic mass is 35.5. The maximum Gasteiger partial charge on any atom is 0.315 e. The second-order valence-electron chi connectivity index (χ2n) is 4.41.